The van der Waals surface area contributed by atoms with E-state index >= 15 is 0 Å². The van der Waals surface area contributed by atoms with Crippen molar-refractivity contribution in [3.63, 3.8) is 0 Å². The molecule has 0 aliphatic heterocycles. The van der Waals surface area contributed by atoms with E-state index in [0.29, 0.717) is 5.00 Å². The molecule has 92 valence electrons. The normalized spacial score (nSPS) is 12.1. The van der Waals surface area contributed by atoms with Crippen molar-refractivity contribution >= 4 is 32.2 Å². The Labute approximate surface area is 100 Å². The molecule has 0 spiro atoms. The largest absolute Gasteiger partial charge is 0.382 e. The molecule has 5 nitrogen and oxygen atoms in total. The Hall–Kier alpha value is -0.820. The van der Waals surface area contributed by atoms with Crippen LogP contribution in [-0.4, -0.2) is 31.6 Å². The first-order chi connectivity index (χ1) is 7.31. The Bertz CT molecular complexity index is 465. The van der Waals surface area contributed by atoms with Crippen LogP contribution in [0.15, 0.2) is 4.90 Å². The Balaban J connectivity index is 3.35. The van der Waals surface area contributed by atoms with Gasteiger partial charge in [-0.05, 0) is 25.4 Å². The molecular formula is C9H17N3O2S2. The molecule has 0 aromatic carbocycles. The molecule has 0 radical (unpaired) electrons. The summed E-state index contributed by atoms with van der Waals surface area (Å²) < 4.78 is 27.7. The van der Waals surface area contributed by atoms with Gasteiger partial charge in [-0.3, -0.25) is 0 Å². The molecule has 0 aliphatic rings. The number of nitrogens with zero attached hydrogens (tertiary/aromatic N) is 2. The highest BCUT2D eigenvalue weighted by atomic mass is 32.2. The van der Waals surface area contributed by atoms with E-state index in [1.54, 1.807) is 6.92 Å². The van der Waals surface area contributed by atoms with Crippen molar-refractivity contribution in [2.75, 3.05) is 23.4 Å². The number of nitrogens with two attached hydrogens (primary N) is 1. The van der Waals surface area contributed by atoms with Crippen LogP contribution in [0.4, 0.5) is 10.8 Å². The van der Waals surface area contributed by atoms with Gasteiger partial charge in [0.2, 0.25) is 0 Å². The lowest BCUT2D eigenvalue weighted by molar-refractivity contribution is 0.597. The molecule has 16 heavy (non-hydrogen) atoms. The number of nitrogen functional groups attached to an aromatic ring is 1. The predicted molar refractivity (Wildman–Crippen MR) is 67.8 cm³/mol. The number of aromatic nitrogens is 1. The van der Waals surface area contributed by atoms with Crippen LogP contribution in [0.5, 0.6) is 0 Å². The van der Waals surface area contributed by atoms with Crippen LogP contribution in [0.3, 0.4) is 0 Å². The summed E-state index contributed by atoms with van der Waals surface area (Å²) in [6.07, 6.45) is 0. The molecule has 1 heterocycles. The molecule has 0 bridgehead atoms. The van der Waals surface area contributed by atoms with Crippen molar-refractivity contribution in [3.8, 4) is 0 Å². The van der Waals surface area contributed by atoms with Crippen LogP contribution >= 0.6 is 11.5 Å². The van der Waals surface area contributed by atoms with Gasteiger partial charge < -0.3 is 10.6 Å². The van der Waals surface area contributed by atoms with E-state index in [-0.39, 0.29) is 22.5 Å². The van der Waals surface area contributed by atoms with Crippen molar-refractivity contribution < 1.29 is 8.42 Å². The molecule has 2 N–H and O–H groups in total. The maximum absolute atomic E-state index is 11.9. The number of sulfone groups is 1. The predicted octanol–water partition coefficient (Wildman–Crippen LogP) is 1.36. The fourth-order valence-electron chi connectivity index (χ4n) is 1.18. The van der Waals surface area contributed by atoms with Gasteiger partial charge in [-0.25, -0.2) is 8.42 Å². The summed E-state index contributed by atoms with van der Waals surface area (Å²) >= 11 is 1.13. The smallest absolute Gasteiger partial charge is 0.184 e. The summed E-state index contributed by atoms with van der Waals surface area (Å²) in [5.74, 6) is 0.142. The third kappa shape index (κ3) is 2.30. The Morgan fingerprint density at radius 2 is 2.06 bits per heavy atom. The number of rotatable bonds is 4. The summed E-state index contributed by atoms with van der Waals surface area (Å²) in [5.41, 5.74) is 5.63. The Morgan fingerprint density at radius 3 is 2.50 bits per heavy atom. The average Bonchev–Trinajstić information content (AvgIpc) is 2.59. The zero-order valence-electron chi connectivity index (χ0n) is 9.89. The Morgan fingerprint density at radius 1 is 1.50 bits per heavy atom. The Kier molecular flexibility index (Phi) is 3.80. The van der Waals surface area contributed by atoms with Crippen LogP contribution in [0.25, 0.3) is 0 Å². The van der Waals surface area contributed by atoms with Crippen molar-refractivity contribution in [2.24, 2.45) is 0 Å². The fraction of sp³-hybridized carbons (Fsp3) is 0.667. The van der Waals surface area contributed by atoms with E-state index in [0.717, 1.165) is 11.5 Å². The van der Waals surface area contributed by atoms with Gasteiger partial charge in [0.1, 0.15) is 9.90 Å². The van der Waals surface area contributed by atoms with Gasteiger partial charge in [-0.2, -0.15) is 4.37 Å². The molecule has 1 aromatic heterocycles. The van der Waals surface area contributed by atoms with Gasteiger partial charge in [-0.1, -0.05) is 6.92 Å². The SMILES string of the molecule is CCS(=O)(=O)c1c(N)nsc1N(C)C(C)C. The second-order valence-corrected chi connectivity index (χ2v) is 6.78. The summed E-state index contributed by atoms with van der Waals surface area (Å²) in [6, 6.07) is 0.200. The summed E-state index contributed by atoms with van der Waals surface area (Å²) in [7, 11) is -1.47. The summed E-state index contributed by atoms with van der Waals surface area (Å²) in [5, 5.41) is 0.620. The molecule has 7 heteroatoms. The van der Waals surface area contributed by atoms with Gasteiger partial charge in [-0.15, -0.1) is 0 Å². The highest BCUT2D eigenvalue weighted by Crippen LogP contribution is 2.35. The zero-order valence-corrected chi connectivity index (χ0v) is 11.5. The quantitative estimate of drug-likeness (QED) is 0.887. The second kappa shape index (κ2) is 4.58. The van der Waals surface area contributed by atoms with E-state index in [2.05, 4.69) is 4.37 Å². The van der Waals surface area contributed by atoms with E-state index in [4.69, 9.17) is 5.73 Å². The van der Waals surface area contributed by atoms with Crippen LogP contribution in [0.1, 0.15) is 20.8 Å². The monoisotopic (exact) mass is 263 g/mol. The number of hydrogen-bond acceptors (Lipinski definition) is 6. The number of anilines is 2. The van der Waals surface area contributed by atoms with E-state index in [1.165, 1.54) is 0 Å². The third-order valence-corrected chi connectivity index (χ3v) is 5.31. The minimum Gasteiger partial charge on any atom is -0.382 e. The fourth-order valence-corrected chi connectivity index (χ4v) is 3.60. The molecule has 0 amide bonds. The first-order valence-corrected chi connectivity index (χ1v) is 7.44. The lowest BCUT2D eigenvalue weighted by atomic mass is 10.3. The lowest BCUT2D eigenvalue weighted by Gasteiger charge is -2.22. The topological polar surface area (TPSA) is 76.3 Å². The standard InChI is InChI=1S/C9H17N3O2S2/c1-5-16(13,14)7-8(10)11-15-9(7)12(4)6(2)3/h6H,5H2,1-4H3,(H2,10,11). The van der Waals surface area contributed by atoms with Crippen LogP contribution < -0.4 is 10.6 Å². The first-order valence-electron chi connectivity index (χ1n) is 5.02. The zero-order chi connectivity index (χ0) is 12.5. The third-order valence-electron chi connectivity index (χ3n) is 2.44. The molecule has 1 rings (SSSR count). The van der Waals surface area contributed by atoms with Crippen LogP contribution in [-0.2, 0) is 9.84 Å². The highest BCUT2D eigenvalue weighted by Gasteiger charge is 2.26. The van der Waals surface area contributed by atoms with Gasteiger partial charge in [0, 0.05) is 13.1 Å². The molecule has 0 fully saturated rings. The molecule has 0 saturated carbocycles. The maximum atomic E-state index is 11.9. The molecule has 0 atom stereocenters. The maximum Gasteiger partial charge on any atom is 0.184 e. The van der Waals surface area contributed by atoms with E-state index in [9.17, 15) is 8.42 Å². The van der Waals surface area contributed by atoms with Gasteiger partial charge >= 0.3 is 0 Å². The summed E-state index contributed by atoms with van der Waals surface area (Å²) in [4.78, 5) is 2.05. The number of hydrogen-bond donors (Lipinski definition) is 1. The first kappa shape index (κ1) is 13.2. The van der Waals surface area contributed by atoms with Crippen LogP contribution in [0, 0.1) is 0 Å². The van der Waals surface area contributed by atoms with Crippen molar-refractivity contribution in [1.82, 2.24) is 4.37 Å². The highest BCUT2D eigenvalue weighted by molar-refractivity contribution is 7.91. The average molecular weight is 263 g/mol. The molecule has 0 saturated heterocycles. The summed E-state index contributed by atoms with van der Waals surface area (Å²) in [6.45, 7) is 5.57. The molecule has 0 aliphatic carbocycles. The van der Waals surface area contributed by atoms with E-state index < -0.39 is 9.84 Å². The lowest BCUT2D eigenvalue weighted by Crippen LogP contribution is -2.26. The minimum absolute atomic E-state index is 0.0363. The van der Waals surface area contributed by atoms with Gasteiger partial charge in [0.05, 0.1) is 5.75 Å². The van der Waals surface area contributed by atoms with Gasteiger partial charge in [0.25, 0.3) is 0 Å². The van der Waals surface area contributed by atoms with Crippen LogP contribution in [0.2, 0.25) is 0 Å². The van der Waals surface area contributed by atoms with Crippen molar-refractivity contribution in [2.45, 2.75) is 31.7 Å². The minimum atomic E-state index is -3.31. The van der Waals surface area contributed by atoms with E-state index in [1.807, 2.05) is 25.8 Å². The van der Waals surface area contributed by atoms with Gasteiger partial charge in [0.15, 0.2) is 15.7 Å². The molecule has 0 unspecified atom stereocenters. The molecule has 1 aromatic rings. The van der Waals surface area contributed by atoms with Crippen molar-refractivity contribution in [3.05, 3.63) is 0 Å². The van der Waals surface area contributed by atoms with Crippen molar-refractivity contribution in [1.29, 1.82) is 0 Å². The molecular weight excluding hydrogens is 246 g/mol. The second-order valence-electron chi connectivity index (χ2n) is 3.81.